The van der Waals surface area contributed by atoms with Crippen LogP contribution in [0.4, 0.5) is 0 Å². The zero-order chi connectivity index (χ0) is 14.2. The molecule has 2 unspecified atom stereocenters. The molecule has 0 saturated carbocycles. The van der Waals surface area contributed by atoms with Gasteiger partial charge in [-0.3, -0.25) is 0 Å². The summed E-state index contributed by atoms with van der Waals surface area (Å²) in [4.78, 5) is 0. The van der Waals surface area contributed by atoms with Gasteiger partial charge in [-0.05, 0) is 18.8 Å². The smallest absolute Gasteiger partial charge is 0.119 e. The van der Waals surface area contributed by atoms with Gasteiger partial charge in [0.2, 0.25) is 0 Å². The molecule has 0 fully saturated rings. The van der Waals surface area contributed by atoms with Crippen molar-refractivity contribution < 1.29 is 14.2 Å². The second-order valence-electron chi connectivity index (χ2n) is 6.02. The largest absolute Gasteiger partial charge is 0.382 e. The van der Waals surface area contributed by atoms with Gasteiger partial charge < -0.3 is 19.9 Å². The highest BCUT2D eigenvalue weighted by atomic mass is 16.5. The molecular formula is C14H31NO3. The van der Waals surface area contributed by atoms with Crippen LogP contribution in [-0.4, -0.2) is 39.3 Å². The maximum Gasteiger partial charge on any atom is 0.119 e. The monoisotopic (exact) mass is 261 g/mol. The first-order valence-corrected chi connectivity index (χ1v) is 6.75. The van der Waals surface area contributed by atoms with Gasteiger partial charge in [-0.2, -0.15) is 0 Å². The first-order chi connectivity index (χ1) is 8.25. The van der Waals surface area contributed by atoms with Gasteiger partial charge in [0.1, 0.15) is 5.72 Å². The maximum absolute atomic E-state index is 6.31. The Morgan fingerprint density at radius 2 is 1.67 bits per heavy atom. The van der Waals surface area contributed by atoms with Crippen LogP contribution in [0.15, 0.2) is 0 Å². The zero-order valence-electron chi connectivity index (χ0n) is 12.9. The third kappa shape index (κ3) is 6.69. The van der Waals surface area contributed by atoms with Crippen molar-refractivity contribution in [3.05, 3.63) is 0 Å². The van der Waals surface area contributed by atoms with E-state index in [0.29, 0.717) is 26.4 Å². The molecule has 0 aliphatic carbocycles. The number of hydrogen-bond acceptors (Lipinski definition) is 4. The van der Waals surface area contributed by atoms with Crippen LogP contribution in [-0.2, 0) is 14.2 Å². The lowest BCUT2D eigenvalue weighted by molar-refractivity contribution is -0.126. The van der Waals surface area contributed by atoms with Crippen LogP contribution in [0.2, 0.25) is 0 Å². The van der Waals surface area contributed by atoms with Gasteiger partial charge in [-0.15, -0.1) is 0 Å². The van der Waals surface area contributed by atoms with E-state index in [9.17, 15) is 0 Å². The molecule has 0 aromatic carbocycles. The second-order valence-corrected chi connectivity index (χ2v) is 6.02. The van der Waals surface area contributed by atoms with Crippen LogP contribution in [0.5, 0.6) is 0 Å². The lowest BCUT2D eigenvalue weighted by atomic mass is 9.75. The number of hydrogen-bond donors (Lipinski definition) is 1. The molecule has 0 bridgehead atoms. The van der Waals surface area contributed by atoms with Gasteiger partial charge in [0.05, 0.1) is 19.8 Å². The van der Waals surface area contributed by atoms with Gasteiger partial charge >= 0.3 is 0 Å². The van der Waals surface area contributed by atoms with E-state index in [1.165, 1.54) is 0 Å². The van der Waals surface area contributed by atoms with Crippen molar-refractivity contribution in [2.24, 2.45) is 17.1 Å². The van der Waals surface area contributed by atoms with E-state index in [1.54, 1.807) is 7.11 Å². The highest BCUT2D eigenvalue weighted by Crippen LogP contribution is 2.34. The topological polar surface area (TPSA) is 53.7 Å². The summed E-state index contributed by atoms with van der Waals surface area (Å²) in [6.07, 6.45) is 0.966. The lowest BCUT2D eigenvalue weighted by Gasteiger charge is -2.42. The summed E-state index contributed by atoms with van der Waals surface area (Å²) in [7, 11) is 1.67. The van der Waals surface area contributed by atoms with Crippen molar-refractivity contribution in [1.29, 1.82) is 0 Å². The minimum Gasteiger partial charge on any atom is -0.382 e. The van der Waals surface area contributed by atoms with E-state index in [1.807, 2.05) is 6.92 Å². The molecule has 0 heterocycles. The minimum atomic E-state index is -0.665. The number of nitrogens with two attached hydrogens (primary N) is 1. The Bertz CT molecular complexity index is 212. The Labute approximate surface area is 112 Å². The van der Waals surface area contributed by atoms with Crippen LogP contribution in [0, 0.1) is 11.3 Å². The maximum atomic E-state index is 6.31. The van der Waals surface area contributed by atoms with Gasteiger partial charge in [0.25, 0.3) is 0 Å². The van der Waals surface area contributed by atoms with Crippen LogP contribution >= 0.6 is 0 Å². The number of methoxy groups -OCH3 is 1. The van der Waals surface area contributed by atoms with E-state index in [4.69, 9.17) is 19.9 Å². The van der Waals surface area contributed by atoms with Crippen LogP contribution < -0.4 is 5.73 Å². The molecule has 0 radical (unpaired) electrons. The molecular weight excluding hydrogens is 230 g/mol. The Kier molecular flexibility index (Phi) is 8.03. The van der Waals surface area contributed by atoms with Gasteiger partial charge in [0, 0.05) is 19.6 Å². The summed E-state index contributed by atoms with van der Waals surface area (Å²) in [5.41, 5.74) is 5.68. The average Bonchev–Trinajstić information content (AvgIpc) is 2.24. The molecule has 2 N–H and O–H groups in total. The highest BCUT2D eigenvalue weighted by Gasteiger charge is 2.39. The minimum absolute atomic E-state index is 0.0321. The molecule has 4 nitrogen and oxygen atoms in total. The van der Waals surface area contributed by atoms with E-state index in [2.05, 4.69) is 27.7 Å². The van der Waals surface area contributed by atoms with Crippen molar-refractivity contribution in [3.63, 3.8) is 0 Å². The van der Waals surface area contributed by atoms with E-state index < -0.39 is 5.72 Å². The fraction of sp³-hybridized carbons (Fsp3) is 1.00. The lowest BCUT2D eigenvalue weighted by Crippen LogP contribution is -2.53. The highest BCUT2D eigenvalue weighted by molar-refractivity contribution is 4.87. The van der Waals surface area contributed by atoms with Gasteiger partial charge in [0.15, 0.2) is 0 Å². The van der Waals surface area contributed by atoms with Crippen molar-refractivity contribution in [3.8, 4) is 0 Å². The second kappa shape index (κ2) is 8.10. The van der Waals surface area contributed by atoms with Crippen LogP contribution in [0.1, 0.15) is 41.0 Å². The molecule has 18 heavy (non-hydrogen) atoms. The summed E-state index contributed by atoms with van der Waals surface area (Å²) in [5, 5.41) is 0. The van der Waals surface area contributed by atoms with Crippen molar-refractivity contribution in [2.75, 3.05) is 33.5 Å². The van der Waals surface area contributed by atoms with Crippen molar-refractivity contribution >= 4 is 0 Å². The molecule has 0 aromatic rings. The predicted octanol–water partition coefficient (Wildman–Crippen LogP) is 2.41. The third-order valence-electron chi connectivity index (χ3n) is 3.07. The fourth-order valence-electron chi connectivity index (χ4n) is 2.04. The quantitative estimate of drug-likeness (QED) is 0.511. The summed E-state index contributed by atoms with van der Waals surface area (Å²) in [5.74, 6) is 0.133. The third-order valence-corrected chi connectivity index (χ3v) is 3.07. The van der Waals surface area contributed by atoms with E-state index in [0.717, 1.165) is 6.42 Å². The average molecular weight is 261 g/mol. The fourth-order valence-corrected chi connectivity index (χ4v) is 2.04. The van der Waals surface area contributed by atoms with Crippen molar-refractivity contribution in [2.45, 2.75) is 46.8 Å². The molecule has 0 rings (SSSR count). The Morgan fingerprint density at radius 1 is 1.06 bits per heavy atom. The molecule has 0 spiro atoms. The zero-order valence-corrected chi connectivity index (χ0v) is 12.9. The van der Waals surface area contributed by atoms with Crippen LogP contribution in [0.25, 0.3) is 0 Å². The van der Waals surface area contributed by atoms with E-state index in [-0.39, 0.29) is 11.3 Å². The predicted molar refractivity (Wildman–Crippen MR) is 74.5 cm³/mol. The van der Waals surface area contributed by atoms with Crippen LogP contribution in [0.3, 0.4) is 0 Å². The molecule has 4 heteroatoms. The van der Waals surface area contributed by atoms with Crippen molar-refractivity contribution in [1.82, 2.24) is 0 Å². The number of ether oxygens (including phenoxy) is 3. The molecule has 0 aliphatic heterocycles. The summed E-state index contributed by atoms with van der Waals surface area (Å²) >= 11 is 0. The standard InChI is InChI=1S/C14H31NO3/c1-7-8-18-14(5,15)12(13(2,3)4)11-17-10-9-16-6/h12H,7-11,15H2,1-6H3. The van der Waals surface area contributed by atoms with E-state index >= 15 is 0 Å². The Hall–Kier alpha value is -0.160. The van der Waals surface area contributed by atoms with Gasteiger partial charge in [-0.1, -0.05) is 27.7 Å². The van der Waals surface area contributed by atoms with Gasteiger partial charge in [-0.25, -0.2) is 0 Å². The first kappa shape index (κ1) is 17.8. The molecule has 0 amide bonds. The molecule has 0 aliphatic rings. The summed E-state index contributed by atoms with van der Waals surface area (Å²) in [6.45, 7) is 13.0. The molecule has 110 valence electrons. The SMILES string of the molecule is CCCOC(C)(N)C(COCCOC)C(C)(C)C. The first-order valence-electron chi connectivity index (χ1n) is 6.75. The number of rotatable bonds is 9. The molecule has 0 saturated heterocycles. The summed E-state index contributed by atoms with van der Waals surface area (Å²) in [6, 6.07) is 0. The Morgan fingerprint density at radius 3 is 2.11 bits per heavy atom. The normalized spacial score (nSPS) is 17.5. The molecule has 0 aromatic heterocycles. The Balaban J connectivity index is 4.47. The summed E-state index contributed by atoms with van der Waals surface area (Å²) < 4.78 is 16.4. The molecule has 2 atom stereocenters.